The van der Waals surface area contributed by atoms with E-state index in [0.29, 0.717) is 44.7 Å². The summed E-state index contributed by atoms with van der Waals surface area (Å²) < 4.78 is 13.2. The largest absolute Gasteiger partial charge is 0.370 e. The van der Waals surface area contributed by atoms with Gasteiger partial charge in [-0.25, -0.2) is 0 Å². The Kier molecular flexibility index (Phi) is 8.27. The van der Waals surface area contributed by atoms with E-state index < -0.39 is 0 Å². The number of hydrogen-bond acceptors (Lipinski definition) is 8. The van der Waals surface area contributed by atoms with E-state index in [4.69, 9.17) is 9.47 Å². The topological polar surface area (TPSA) is 93.1 Å². The van der Waals surface area contributed by atoms with Crippen LogP contribution in [0.2, 0.25) is 0 Å². The lowest BCUT2D eigenvalue weighted by molar-refractivity contribution is -0.153. The first-order chi connectivity index (χ1) is 19.5. The molecule has 6 unspecified atom stereocenters. The quantitative estimate of drug-likeness (QED) is 0.523. The molecule has 4 fully saturated rings. The molecule has 0 aromatic heterocycles. The van der Waals surface area contributed by atoms with Gasteiger partial charge in [-0.1, -0.05) is 30.8 Å². The Balaban J connectivity index is 1.20. The minimum atomic E-state index is -0.256. The number of amides is 1. The number of ether oxygens (including phenoxy) is 2. The van der Waals surface area contributed by atoms with Gasteiger partial charge in [0.2, 0.25) is 5.91 Å². The first-order valence-electron chi connectivity index (χ1n) is 15.1. The maximum atomic E-state index is 12.5. The second-order valence-electron chi connectivity index (χ2n) is 12.4. The second kappa shape index (κ2) is 11.9. The standard InChI is InChI=1S/C31H44N6O3/c1-3-28(38)37-16-15-36(19-24(37)11-13-32)29-26-10-12-31(17-22-7-4-5-8-23(22)20-40-31)18-27(26)33-30(34-29)39-21-25-9-6-14-35(25)2/h3-5,7-8,24-27,29-30,33-34H,1,6,9-12,14-21H2,2H3/t24?,25?,26?,27?,29?,30?,31-/m0/s1. The van der Waals surface area contributed by atoms with Crippen molar-refractivity contribution in [3.8, 4) is 6.07 Å². The Bertz CT molecular complexity index is 1120. The third-order valence-electron chi connectivity index (χ3n) is 10.1. The number of likely N-dealkylation sites (tertiary alicyclic amines) is 1. The molecule has 1 saturated carbocycles. The van der Waals surface area contributed by atoms with Crippen molar-refractivity contribution >= 4 is 5.91 Å². The lowest BCUT2D eigenvalue weighted by Gasteiger charge is -2.56. The third-order valence-corrected chi connectivity index (χ3v) is 10.1. The van der Waals surface area contributed by atoms with Crippen molar-refractivity contribution in [2.24, 2.45) is 5.92 Å². The number of benzene rings is 1. The van der Waals surface area contributed by atoms with Crippen LogP contribution in [-0.2, 0) is 27.3 Å². The summed E-state index contributed by atoms with van der Waals surface area (Å²) in [6.45, 7) is 8.20. The van der Waals surface area contributed by atoms with Crippen LogP contribution in [0.5, 0.6) is 0 Å². The van der Waals surface area contributed by atoms with Crippen molar-refractivity contribution in [1.82, 2.24) is 25.3 Å². The molecule has 4 heterocycles. The molecule has 1 aromatic rings. The predicted molar refractivity (Wildman–Crippen MR) is 152 cm³/mol. The second-order valence-corrected chi connectivity index (χ2v) is 12.4. The van der Waals surface area contributed by atoms with Crippen LogP contribution in [0.1, 0.15) is 49.7 Å². The lowest BCUT2D eigenvalue weighted by Crippen LogP contribution is -2.73. The van der Waals surface area contributed by atoms with Crippen LogP contribution >= 0.6 is 0 Å². The Hall–Kier alpha value is -2.32. The molecule has 40 heavy (non-hydrogen) atoms. The molecule has 9 heteroatoms. The van der Waals surface area contributed by atoms with E-state index in [-0.39, 0.29) is 36.1 Å². The molecule has 1 aromatic carbocycles. The number of fused-ring (bicyclic) bond motifs is 2. The summed E-state index contributed by atoms with van der Waals surface area (Å²) in [4.78, 5) is 19.2. The van der Waals surface area contributed by atoms with Gasteiger partial charge >= 0.3 is 0 Å². The molecular formula is C31H44N6O3. The molecule has 1 aliphatic carbocycles. The van der Waals surface area contributed by atoms with Crippen molar-refractivity contribution < 1.29 is 14.3 Å². The zero-order chi connectivity index (χ0) is 27.7. The number of nitriles is 1. The summed E-state index contributed by atoms with van der Waals surface area (Å²) in [5.41, 5.74) is 2.57. The minimum Gasteiger partial charge on any atom is -0.370 e. The molecule has 3 saturated heterocycles. The van der Waals surface area contributed by atoms with E-state index in [1.807, 2.05) is 4.90 Å². The highest BCUT2D eigenvalue weighted by molar-refractivity contribution is 5.87. The van der Waals surface area contributed by atoms with Crippen molar-refractivity contribution in [3.63, 3.8) is 0 Å². The highest BCUT2D eigenvalue weighted by Crippen LogP contribution is 2.44. The number of carbonyl (C=O) groups is 1. The van der Waals surface area contributed by atoms with Gasteiger partial charge in [0, 0.05) is 44.1 Å². The van der Waals surface area contributed by atoms with Gasteiger partial charge in [0.1, 0.15) is 0 Å². The number of rotatable bonds is 6. The summed E-state index contributed by atoms with van der Waals surface area (Å²) >= 11 is 0. The monoisotopic (exact) mass is 548 g/mol. The first kappa shape index (κ1) is 27.8. The summed E-state index contributed by atoms with van der Waals surface area (Å²) in [6, 6.07) is 11.5. The Morgan fingerprint density at radius 3 is 2.85 bits per heavy atom. The zero-order valence-corrected chi connectivity index (χ0v) is 23.8. The van der Waals surface area contributed by atoms with Gasteiger partial charge in [-0.2, -0.15) is 5.26 Å². The smallest absolute Gasteiger partial charge is 0.246 e. The average Bonchev–Trinajstić information content (AvgIpc) is 3.39. The fourth-order valence-electron chi connectivity index (χ4n) is 7.85. The van der Waals surface area contributed by atoms with Crippen LogP contribution < -0.4 is 10.6 Å². The van der Waals surface area contributed by atoms with Crippen molar-refractivity contribution in [3.05, 3.63) is 48.0 Å². The molecule has 0 radical (unpaired) electrons. The molecule has 5 aliphatic rings. The number of piperazine rings is 1. The highest BCUT2D eigenvalue weighted by atomic mass is 16.5. The Labute approximate surface area is 238 Å². The van der Waals surface area contributed by atoms with Gasteiger partial charge in [0.05, 0.1) is 43.5 Å². The van der Waals surface area contributed by atoms with Gasteiger partial charge in [-0.3, -0.25) is 20.3 Å². The number of carbonyl (C=O) groups excluding carboxylic acids is 1. The molecule has 6 rings (SSSR count). The fourth-order valence-corrected chi connectivity index (χ4v) is 7.85. The van der Waals surface area contributed by atoms with Crippen LogP contribution in [0.15, 0.2) is 36.9 Å². The number of likely N-dealkylation sites (N-methyl/N-ethyl adjacent to an activating group) is 1. The van der Waals surface area contributed by atoms with Crippen molar-refractivity contribution in [1.29, 1.82) is 5.26 Å². The van der Waals surface area contributed by atoms with E-state index in [2.05, 4.69) is 64.4 Å². The summed E-state index contributed by atoms with van der Waals surface area (Å²) in [7, 11) is 2.18. The Morgan fingerprint density at radius 2 is 2.08 bits per heavy atom. The summed E-state index contributed by atoms with van der Waals surface area (Å²) in [5.74, 6) is 0.289. The minimum absolute atomic E-state index is 0.0905. The van der Waals surface area contributed by atoms with Gasteiger partial charge in [0.15, 0.2) is 6.35 Å². The number of nitrogens with zero attached hydrogens (tertiary/aromatic N) is 4. The first-order valence-corrected chi connectivity index (χ1v) is 15.1. The number of nitrogens with one attached hydrogen (secondary N) is 2. The molecule has 1 amide bonds. The molecule has 7 atom stereocenters. The lowest BCUT2D eigenvalue weighted by atomic mass is 9.69. The van der Waals surface area contributed by atoms with Crippen LogP contribution in [0.25, 0.3) is 0 Å². The fraction of sp³-hybridized carbons (Fsp3) is 0.677. The molecule has 2 N–H and O–H groups in total. The molecule has 216 valence electrons. The molecule has 9 nitrogen and oxygen atoms in total. The normalized spacial score (nSPS) is 36.5. The summed E-state index contributed by atoms with van der Waals surface area (Å²) in [5, 5.41) is 17.2. The van der Waals surface area contributed by atoms with E-state index in [9.17, 15) is 10.1 Å². The van der Waals surface area contributed by atoms with E-state index in [1.54, 1.807) is 0 Å². The average molecular weight is 549 g/mol. The van der Waals surface area contributed by atoms with Crippen LogP contribution in [-0.4, -0.2) is 96.7 Å². The van der Waals surface area contributed by atoms with Gasteiger partial charge in [-0.05, 0) is 62.9 Å². The predicted octanol–water partition coefficient (Wildman–Crippen LogP) is 2.19. The van der Waals surface area contributed by atoms with E-state index in [0.717, 1.165) is 38.8 Å². The van der Waals surface area contributed by atoms with Crippen LogP contribution in [0.3, 0.4) is 0 Å². The van der Waals surface area contributed by atoms with Gasteiger partial charge in [-0.15, -0.1) is 0 Å². The summed E-state index contributed by atoms with van der Waals surface area (Å²) in [6.07, 6.45) is 7.90. The SMILES string of the molecule is C=CC(=O)N1CCN(C2NC(OCC3CCCN3C)NC3C[C@]4(CCC32)Cc2ccccc2CO4)CC1CC#N. The third kappa shape index (κ3) is 5.58. The number of hydrogen-bond donors (Lipinski definition) is 2. The Morgan fingerprint density at radius 1 is 1.23 bits per heavy atom. The molecule has 0 bridgehead atoms. The van der Waals surface area contributed by atoms with Crippen LogP contribution in [0, 0.1) is 17.2 Å². The molecule has 4 aliphatic heterocycles. The van der Waals surface area contributed by atoms with Gasteiger partial charge in [0.25, 0.3) is 0 Å². The van der Waals surface area contributed by atoms with E-state index >= 15 is 0 Å². The maximum absolute atomic E-state index is 12.5. The molecule has 1 spiro atoms. The van der Waals surface area contributed by atoms with Crippen molar-refractivity contribution in [2.75, 3.05) is 39.8 Å². The molecular weight excluding hydrogens is 504 g/mol. The van der Waals surface area contributed by atoms with Crippen LogP contribution in [0.4, 0.5) is 0 Å². The highest BCUT2D eigenvalue weighted by Gasteiger charge is 2.50. The van der Waals surface area contributed by atoms with Gasteiger partial charge < -0.3 is 19.3 Å². The van der Waals surface area contributed by atoms with Crippen molar-refractivity contribution in [2.45, 2.75) is 87.8 Å². The van der Waals surface area contributed by atoms with E-state index in [1.165, 1.54) is 30.0 Å². The zero-order valence-electron chi connectivity index (χ0n) is 23.8. The maximum Gasteiger partial charge on any atom is 0.246 e.